The van der Waals surface area contributed by atoms with Gasteiger partial charge in [-0.2, -0.15) is 0 Å². The van der Waals surface area contributed by atoms with Gasteiger partial charge >= 0.3 is 11.9 Å². The number of esters is 2. The molecule has 0 aromatic carbocycles. The van der Waals surface area contributed by atoms with Crippen LogP contribution in [0.25, 0.3) is 0 Å². The van der Waals surface area contributed by atoms with Gasteiger partial charge in [0.05, 0.1) is 40.3 Å². The molecule has 0 heterocycles. The van der Waals surface area contributed by atoms with E-state index in [1.807, 2.05) is 21.1 Å². The maximum Gasteiger partial charge on any atom is 0.306 e. The molecule has 0 rings (SSSR count). The number of allylic oxidation sites excluding steroid dienone is 18. The summed E-state index contributed by atoms with van der Waals surface area (Å²) in [5.41, 5.74) is 0. The number of carboxylic acids is 1. The van der Waals surface area contributed by atoms with E-state index in [4.69, 9.17) is 18.9 Å². The molecule has 9 nitrogen and oxygen atoms in total. The largest absolute Gasteiger partial charge is 0.545 e. The van der Waals surface area contributed by atoms with Gasteiger partial charge in [0.15, 0.2) is 12.4 Å². The van der Waals surface area contributed by atoms with Crippen LogP contribution in [0.5, 0.6) is 0 Å². The summed E-state index contributed by atoms with van der Waals surface area (Å²) in [6.07, 6.45) is 111. The van der Waals surface area contributed by atoms with Crippen LogP contribution in [0.3, 0.4) is 0 Å². The van der Waals surface area contributed by atoms with Crippen molar-refractivity contribution in [1.82, 2.24) is 0 Å². The molecule has 9 heteroatoms. The molecule has 0 N–H and O–H groups in total. The zero-order chi connectivity index (χ0) is 72.5. The Morgan fingerprint density at radius 2 is 0.570 bits per heavy atom. The molecule has 0 aliphatic rings. The minimum absolute atomic E-state index is 0.146. The molecule has 0 amide bonds. The van der Waals surface area contributed by atoms with Crippen LogP contribution in [-0.2, 0) is 33.3 Å². The average Bonchev–Trinajstić information content (AvgIpc) is 1.08. The number of quaternary nitrogens is 1. The van der Waals surface area contributed by atoms with Crippen molar-refractivity contribution in [3.05, 3.63) is 109 Å². The fourth-order valence-electron chi connectivity index (χ4n) is 12.4. The summed E-state index contributed by atoms with van der Waals surface area (Å²) in [6, 6.07) is 0. The van der Waals surface area contributed by atoms with Crippen LogP contribution in [0.4, 0.5) is 0 Å². The molecule has 0 spiro atoms. The van der Waals surface area contributed by atoms with Crippen LogP contribution in [-0.4, -0.2) is 82.3 Å². The van der Waals surface area contributed by atoms with Gasteiger partial charge in [-0.25, -0.2) is 0 Å². The van der Waals surface area contributed by atoms with Gasteiger partial charge in [-0.1, -0.05) is 406 Å². The number of hydrogen-bond donors (Lipinski definition) is 0. The molecule has 2 unspecified atom stereocenters. The second-order valence-corrected chi connectivity index (χ2v) is 29.8. The summed E-state index contributed by atoms with van der Waals surface area (Å²) in [5, 5.41) is 11.9. The lowest BCUT2D eigenvalue weighted by Gasteiger charge is -2.26. The van der Waals surface area contributed by atoms with E-state index in [0.717, 1.165) is 96.3 Å². The smallest absolute Gasteiger partial charge is 0.306 e. The third-order valence-corrected chi connectivity index (χ3v) is 18.8. The quantitative estimate of drug-likeness (QED) is 0.0195. The molecule has 0 saturated carbocycles. The molecule has 0 radical (unpaired) electrons. The predicted octanol–water partition coefficient (Wildman–Crippen LogP) is 26.3. The summed E-state index contributed by atoms with van der Waals surface area (Å²) >= 11 is 0. The van der Waals surface area contributed by atoms with E-state index in [1.54, 1.807) is 0 Å². The summed E-state index contributed by atoms with van der Waals surface area (Å²) in [5.74, 6) is -2.27. The third kappa shape index (κ3) is 81.3. The number of carbonyl (C=O) groups excluding carboxylic acids is 3. The summed E-state index contributed by atoms with van der Waals surface area (Å²) in [6.45, 7) is 4.69. The van der Waals surface area contributed by atoms with Crippen molar-refractivity contribution in [2.24, 2.45) is 0 Å². The minimum Gasteiger partial charge on any atom is -0.545 e. The van der Waals surface area contributed by atoms with Crippen LogP contribution >= 0.6 is 0 Å². The normalized spacial score (nSPS) is 13.2. The van der Waals surface area contributed by atoms with E-state index < -0.39 is 24.3 Å². The standard InChI is InChI=1S/C91H161NO8/c1-6-8-10-12-14-16-18-20-22-24-26-28-30-32-34-36-38-40-42-43-44-45-46-47-48-50-52-54-56-58-60-62-64-66-68-70-72-74-76-78-80-82-89(94)100-87(86-99-91(90(95)96)97-84-83-92(3,4)5)85-98-88(93)81-79-77-75-73-71-69-67-65-63-61-59-57-55-53-51-49-41-39-37-35-33-31-29-27-25-23-21-19-17-15-13-11-9-7-2/h8,10,14,16,20,22,26,28,32,34,38,40,43-44,46-47,50,52,87,91H,6-7,9,11-13,15,17-19,21,23-25,27,29-31,33,35-37,39,41-42,45,48-49,51,53-86H2,1-5H3/b10-8-,16-14-,22-20-,28-26-,34-32-,40-38-,44-43-,47-46-,52-50-. The fourth-order valence-corrected chi connectivity index (χ4v) is 12.4. The maximum absolute atomic E-state index is 13.0. The zero-order valence-electron chi connectivity index (χ0n) is 66.3. The van der Waals surface area contributed by atoms with E-state index in [9.17, 15) is 19.5 Å². The van der Waals surface area contributed by atoms with Gasteiger partial charge in [-0.15, -0.1) is 0 Å². The van der Waals surface area contributed by atoms with Crippen molar-refractivity contribution in [2.45, 2.75) is 405 Å². The Bertz CT molecular complexity index is 2020. The number of carboxylic acid groups (broad SMARTS) is 1. The molecular formula is C91H161NO8. The molecule has 0 aromatic rings. The number of aliphatic carboxylic acids is 1. The van der Waals surface area contributed by atoms with Crippen LogP contribution in [0.2, 0.25) is 0 Å². The number of carbonyl (C=O) groups is 3. The van der Waals surface area contributed by atoms with E-state index >= 15 is 0 Å². The highest BCUT2D eigenvalue weighted by Crippen LogP contribution is 2.20. The first-order valence-electron chi connectivity index (χ1n) is 42.5. The highest BCUT2D eigenvalue weighted by Gasteiger charge is 2.22. The minimum atomic E-state index is -1.63. The lowest BCUT2D eigenvalue weighted by molar-refractivity contribution is -0.870. The number of rotatable bonds is 79. The van der Waals surface area contributed by atoms with Gasteiger partial charge in [-0.3, -0.25) is 9.59 Å². The Morgan fingerprint density at radius 3 is 0.850 bits per heavy atom. The predicted molar refractivity (Wildman–Crippen MR) is 430 cm³/mol. The van der Waals surface area contributed by atoms with Crippen molar-refractivity contribution in [3.63, 3.8) is 0 Å². The van der Waals surface area contributed by atoms with E-state index in [2.05, 4.69) is 123 Å². The number of likely N-dealkylation sites (N-methyl/N-ethyl adjacent to an activating group) is 1. The second kappa shape index (κ2) is 80.6. The van der Waals surface area contributed by atoms with Gasteiger partial charge in [0.1, 0.15) is 13.2 Å². The van der Waals surface area contributed by atoms with E-state index in [-0.39, 0.29) is 32.2 Å². The van der Waals surface area contributed by atoms with Crippen LogP contribution in [0.1, 0.15) is 393 Å². The van der Waals surface area contributed by atoms with Gasteiger partial charge in [0, 0.05) is 12.8 Å². The lowest BCUT2D eigenvalue weighted by Crippen LogP contribution is -2.44. The van der Waals surface area contributed by atoms with Crippen molar-refractivity contribution in [2.75, 3.05) is 47.5 Å². The SMILES string of the molecule is CC/C=C\C/C=C\C/C=C\C/C=C\C/C=C\C/C=C\C/C=C\C/C=C\C/C=C\CCCCCCCCCCCCCCCC(=O)OC(COC(=O)CCCCCCCCCCCCCCCCCCCCCCCCCCCCCCCCCCCC)COC(OCC[N+](C)(C)C)C(=O)[O-]. The van der Waals surface area contributed by atoms with Gasteiger partial charge in [0.25, 0.3) is 0 Å². The molecule has 0 bridgehead atoms. The third-order valence-electron chi connectivity index (χ3n) is 18.8. The Kier molecular flexibility index (Phi) is 77.4. The molecule has 0 aromatic heterocycles. The highest BCUT2D eigenvalue weighted by atomic mass is 16.7. The molecule has 578 valence electrons. The Hall–Kier alpha value is -4.05. The number of ether oxygens (including phenoxy) is 4. The number of hydrogen-bond acceptors (Lipinski definition) is 8. The topological polar surface area (TPSA) is 111 Å². The average molecular weight is 1400 g/mol. The fraction of sp³-hybridized carbons (Fsp3) is 0.769. The molecule has 0 aliphatic carbocycles. The molecular weight excluding hydrogens is 1230 g/mol. The van der Waals surface area contributed by atoms with Crippen molar-refractivity contribution in [1.29, 1.82) is 0 Å². The van der Waals surface area contributed by atoms with Gasteiger partial charge in [-0.05, 0) is 83.5 Å². The van der Waals surface area contributed by atoms with E-state index in [1.165, 1.54) is 263 Å². The monoisotopic (exact) mass is 1400 g/mol. The van der Waals surface area contributed by atoms with Crippen LogP contribution < -0.4 is 5.11 Å². The Labute approximate surface area is 619 Å². The molecule has 0 aliphatic heterocycles. The summed E-state index contributed by atoms with van der Waals surface area (Å²) in [4.78, 5) is 37.7. The lowest BCUT2D eigenvalue weighted by atomic mass is 10.0. The van der Waals surface area contributed by atoms with Crippen molar-refractivity contribution < 1.29 is 42.9 Å². The Morgan fingerprint density at radius 1 is 0.310 bits per heavy atom. The number of unbranched alkanes of at least 4 members (excludes halogenated alkanes) is 46. The maximum atomic E-state index is 13.0. The summed E-state index contributed by atoms with van der Waals surface area (Å²) < 4.78 is 22.9. The van der Waals surface area contributed by atoms with Crippen molar-refractivity contribution >= 4 is 17.9 Å². The summed E-state index contributed by atoms with van der Waals surface area (Å²) in [7, 11) is 5.95. The molecule has 2 atom stereocenters. The first kappa shape index (κ1) is 96.0. The molecule has 100 heavy (non-hydrogen) atoms. The first-order valence-corrected chi connectivity index (χ1v) is 42.5. The Balaban J connectivity index is 4.01. The van der Waals surface area contributed by atoms with E-state index in [0.29, 0.717) is 23.9 Å². The van der Waals surface area contributed by atoms with Crippen molar-refractivity contribution in [3.8, 4) is 0 Å². The first-order chi connectivity index (χ1) is 49.1. The van der Waals surface area contributed by atoms with Crippen LogP contribution in [0, 0.1) is 0 Å². The highest BCUT2D eigenvalue weighted by molar-refractivity contribution is 5.70. The number of nitrogens with zero attached hydrogens (tertiary/aromatic N) is 1. The second-order valence-electron chi connectivity index (χ2n) is 29.8. The van der Waals surface area contributed by atoms with Gasteiger partial charge in [0.2, 0.25) is 0 Å². The molecule has 0 saturated heterocycles. The van der Waals surface area contributed by atoms with Crippen LogP contribution in [0.15, 0.2) is 109 Å². The molecule has 0 fully saturated rings. The zero-order valence-corrected chi connectivity index (χ0v) is 66.3. The van der Waals surface area contributed by atoms with Gasteiger partial charge < -0.3 is 33.3 Å².